The highest BCUT2D eigenvalue weighted by Gasteiger charge is 2.52. The second kappa shape index (κ2) is 3.85. The normalized spacial score (nSPS) is 34.3. The van der Waals surface area contributed by atoms with E-state index in [4.69, 9.17) is 4.74 Å². The predicted molar refractivity (Wildman–Crippen MR) is 69.9 cm³/mol. The van der Waals surface area contributed by atoms with Crippen LogP contribution in [-0.4, -0.2) is 12.2 Å². The number of hydrogen-bond acceptors (Lipinski definition) is 2. The Morgan fingerprint density at radius 3 is 2.47 bits per heavy atom. The van der Waals surface area contributed by atoms with Crippen molar-refractivity contribution in [2.24, 2.45) is 11.8 Å². The first-order valence-corrected chi connectivity index (χ1v) is 6.70. The Labute approximate surface area is 109 Å². The molecule has 2 atom stereocenters. The topological polar surface area (TPSA) is 29.5 Å². The van der Waals surface area contributed by atoms with Crippen LogP contribution in [0.4, 0.5) is 0 Å². The van der Waals surface area contributed by atoms with Crippen molar-refractivity contribution in [2.75, 3.05) is 7.11 Å². The van der Waals surface area contributed by atoms with E-state index in [1.54, 1.807) is 7.11 Å². The van der Waals surface area contributed by atoms with Gasteiger partial charge in [0, 0.05) is 21.9 Å². The first-order chi connectivity index (χ1) is 8.16. The Balaban J connectivity index is 2.13. The summed E-state index contributed by atoms with van der Waals surface area (Å²) in [5.41, 5.74) is 0.140. The molecular formula is C14H15BrO2. The number of rotatable bonds is 2. The van der Waals surface area contributed by atoms with Gasteiger partial charge in [-0.2, -0.15) is 0 Å². The van der Waals surface area contributed by atoms with Gasteiger partial charge >= 0.3 is 0 Å². The largest absolute Gasteiger partial charge is 0.496 e. The summed E-state index contributed by atoms with van der Waals surface area (Å²) in [7, 11) is 1.65. The van der Waals surface area contributed by atoms with Gasteiger partial charge in [0.2, 0.25) is 0 Å². The molecule has 2 nitrogen and oxygen atoms in total. The second-order valence-electron chi connectivity index (χ2n) is 4.85. The van der Waals surface area contributed by atoms with Gasteiger partial charge in [0.05, 0.1) is 7.11 Å². The Hall–Kier alpha value is -0.800. The number of hydrogen-bond donors (Lipinski definition) is 1. The fourth-order valence-corrected chi connectivity index (χ4v) is 3.58. The molecule has 0 amide bonds. The summed E-state index contributed by atoms with van der Waals surface area (Å²) in [6.45, 7) is 0. The van der Waals surface area contributed by atoms with Crippen LogP contribution in [0.5, 0.6) is 5.75 Å². The van der Waals surface area contributed by atoms with E-state index in [0.717, 1.165) is 28.6 Å². The summed E-state index contributed by atoms with van der Waals surface area (Å²) < 4.78 is 6.37. The van der Waals surface area contributed by atoms with Crippen molar-refractivity contribution in [3.8, 4) is 5.75 Å². The van der Waals surface area contributed by atoms with Gasteiger partial charge in [-0.15, -0.1) is 0 Å². The van der Waals surface area contributed by atoms with Crippen LogP contribution in [0.25, 0.3) is 0 Å². The Bertz CT molecular complexity index is 467. The van der Waals surface area contributed by atoms with Crippen LogP contribution < -0.4 is 4.74 Å². The zero-order chi connectivity index (χ0) is 12.0. The SMILES string of the molecule is COc1ccc(Br)cc1C1(O)C2C=CC1CC2. The van der Waals surface area contributed by atoms with Crippen molar-refractivity contribution in [3.05, 3.63) is 40.4 Å². The zero-order valence-electron chi connectivity index (χ0n) is 9.69. The average molecular weight is 295 g/mol. The lowest BCUT2D eigenvalue weighted by molar-refractivity contribution is -0.00389. The molecule has 2 unspecified atom stereocenters. The number of fused-ring (bicyclic) bond motifs is 2. The molecule has 0 radical (unpaired) electrons. The van der Waals surface area contributed by atoms with Crippen molar-refractivity contribution in [1.29, 1.82) is 0 Å². The average Bonchev–Trinajstić information content (AvgIpc) is 2.84. The van der Waals surface area contributed by atoms with Crippen molar-refractivity contribution < 1.29 is 9.84 Å². The lowest BCUT2D eigenvalue weighted by Crippen LogP contribution is -2.32. The molecular weight excluding hydrogens is 280 g/mol. The molecule has 90 valence electrons. The van der Waals surface area contributed by atoms with E-state index in [1.165, 1.54) is 0 Å². The third-order valence-corrected chi connectivity index (χ3v) is 4.58. The molecule has 1 fully saturated rings. The fourth-order valence-electron chi connectivity index (χ4n) is 3.22. The lowest BCUT2D eigenvalue weighted by atomic mass is 9.82. The molecule has 0 heterocycles. The minimum Gasteiger partial charge on any atom is -0.496 e. The minimum absolute atomic E-state index is 0.232. The maximum atomic E-state index is 11.0. The molecule has 1 N–H and O–H groups in total. The van der Waals surface area contributed by atoms with Gasteiger partial charge in [-0.1, -0.05) is 28.1 Å². The molecule has 0 aliphatic heterocycles. The maximum Gasteiger partial charge on any atom is 0.125 e. The third-order valence-electron chi connectivity index (χ3n) is 4.09. The molecule has 2 bridgehead atoms. The van der Waals surface area contributed by atoms with E-state index >= 15 is 0 Å². The molecule has 0 aromatic heterocycles. The smallest absolute Gasteiger partial charge is 0.125 e. The molecule has 2 aliphatic rings. The molecule has 0 spiro atoms. The molecule has 2 aliphatic carbocycles. The quantitative estimate of drug-likeness (QED) is 0.849. The van der Waals surface area contributed by atoms with Crippen molar-refractivity contribution in [1.82, 2.24) is 0 Å². The summed E-state index contributed by atoms with van der Waals surface area (Å²) in [6.07, 6.45) is 6.42. The van der Waals surface area contributed by atoms with Crippen LogP contribution in [0.2, 0.25) is 0 Å². The summed E-state index contributed by atoms with van der Waals surface area (Å²) in [6, 6.07) is 5.84. The summed E-state index contributed by atoms with van der Waals surface area (Å²) >= 11 is 3.47. The Morgan fingerprint density at radius 2 is 1.94 bits per heavy atom. The second-order valence-corrected chi connectivity index (χ2v) is 5.76. The van der Waals surface area contributed by atoms with Gasteiger partial charge in [-0.05, 0) is 31.0 Å². The fraction of sp³-hybridized carbons (Fsp3) is 0.429. The molecule has 1 aromatic carbocycles. The third kappa shape index (κ3) is 1.49. The number of halogens is 1. The standard InChI is InChI=1S/C14H15BrO2/c1-17-13-7-6-11(15)8-12(13)14(16)9-2-3-10(14)5-4-9/h2-3,6-10,16H,4-5H2,1H3. The highest BCUT2D eigenvalue weighted by atomic mass is 79.9. The van der Waals surface area contributed by atoms with Gasteiger partial charge in [0.25, 0.3) is 0 Å². The number of methoxy groups -OCH3 is 1. The van der Waals surface area contributed by atoms with Crippen molar-refractivity contribution >= 4 is 15.9 Å². The van der Waals surface area contributed by atoms with Gasteiger partial charge in [-0.25, -0.2) is 0 Å². The van der Waals surface area contributed by atoms with Gasteiger partial charge in [0.15, 0.2) is 0 Å². The van der Waals surface area contributed by atoms with Crippen LogP contribution in [0, 0.1) is 11.8 Å². The summed E-state index contributed by atoms with van der Waals surface area (Å²) in [4.78, 5) is 0. The molecule has 0 saturated heterocycles. The van der Waals surface area contributed by atoms with E-state index in [-0.39, 0.29) is 11.8 Å². The lowest BCUT2D eigenvalue weighted by Gasteiger charge is -2.30. The highest BCUT2D eigenvalue weighted by molar-refractivity contribution is 9.10. The van der Waals surface area contributed by atoms with Gasteiger partial charge in [0.1, 0.15) is 11.4 Å². The van der Waals surface area contributed by atoms with E-state index < -0.39 is 5.60 Å². The molecule has 1 saturated carbocycles. The monoisotopic (exact) mass is 294 g/mol. The minimum atomic E-state index is -0.769. The maximum absolute atomic E-state index is 11.0. The Morgan fingerprint density at radius 1 is 1.29 bits per heavy atom. The summed E-state index contributed by atoms with van der Waals surface area (Å²) in [5.74, 6) is 1.24. The van der Waals surface area contributed by atoms with Crippen LogP contribution in [0.15, 0.2) is 34.8 Å². The first kappa shape index (κ1) is 11.3. The van der Waals surface area contributed by atoms with E-state index in [0.29, 0.717) is 0 Å². The van der Waals surface area contributed by atoms with Crippen molar-refractivity contribution in [3.63, 3.8) is 0 Å². The Kier molecular flexibility index (Phi) is 2.56. The van der Waals surface area contributed by atoms with Crippen LogP contribution in [0.3, 0.4) is 0 Å². The summed E-state index contributed by atoms with van der Waals surface area (Å²) in [5, 5.41) is 11.0. The molecule has 17 heavy (non-hydrogen) atoms. The van der Waals surface area contributed by atoms with E-state index in [9.17, 15) is 5.11 Å². The van der Waals surface area contributed by atoms with Gasteiger partial charge in [-0.3, -0.25) is 0 Å². The van der Waals surface area contributed by atoms with Crippen LogP contribution in [0.1, 0.15) is 18.4 Å². The molecule has 1 aromatic rings. The first-order valence-electron chi connectivity index (χ1n) is 5.91. The van der Waals surface area contributed by atoms with E-state index in [2.05, 4.69) is 28.1 Å². The molecule has 3 heteroatoms. The number of benzene rings is 1. The predicted octanol–water partition coefficient (Wildman–Crippen LogP) is 3.24. The molecule has 3 rings (SSSR count). The number of aliphatic hydroxyl groups is 1. The van der Waals surface area contributed by atoms with Crippen LogP contribution >= 0.6 is 15.9 Å². The van der Waals surface area contributed by atoms with Crippen LogP contribution in [-0.2, 0) is 5.60 Å². The number of ether oxygens (including phenoxy) is 1. The van der Waals surface area contributed by atoms with E-state index in [1.807, 2.05) is 18.2 Å². The van der Waals surface area contributed by atoms with Crippen molar-refractivity contribution in [2.45, 2.75) is 18.4 Å². The van der Waals surface area contributed by atoms with Gasteiger partial charge < -0.3 is 9.84 Å². The highest BCUT2D eigenvalue weighted by Crippen LogP contribution is 2.55. The zero-order valence-corrected chi connectivity index (χ0v) is 11.3.